The van der Waals surface area contributed by atoms with Gasteiger partial charge in [0.15, 0.2) is 0 Å². The second kappa shape index (κ2) is 3.71. The fraction of sp³-hybridized carbons (Fsp3) is 0.100. The molecule has 2 amide bonds. The highest BCUT2D eigenvalue weighted by Crippen LogP contribution is 2.30. The van der Waals surface area contributed by atoms with Crippen LogP contribution in [-0.2, 0) is 9.59 Å². The molecule has 2 N–H and O–H groups in total. The molecule has 16 heavy (non-hydrogen) atoms. The van der Waals surface area contributed by atoms with Gasteiger partial charge < -0.3 is 5.73 Å². The number of carbonyl (C=O) groups excluding carboxylic acids is 3. The van der Waals surface area contributed by atoms with Crippen LogP contribution in [0.5, 0.6) is 0 Å². The Kier molecular flexibility index (Phi) is 2.51. The summed E-state index contributed by atoms with van der Waals surface area (Å²) >= 11 is 3.21. The number of primary amides is 1. The Balaban J connectivity index is 2.50. The van der Waals surface area contributed by atoms with E-state index in [4.69, 9.17) is 5.73 Å². The highest BCUT2D eigenvalue weighted by molar-refractivity contribution is 9.10. The van der Waals surface area contributed by atoms with Crippen molar-refractivity contribution >= 4 is 39.2 Å². The zero-order valence-corrected chi connectivity index (χ0v) is 9.65. The summed E-state index contributed by atoms with van der Waals surface area (Å²) in [6.45, 7) is -0.279. The molecule has 0 aromatic heterocycles. The third-order valence-corrected chi connectivity index (χ3v) is 2.74. The van der Waals surface area contributed by atoms with Gasteiger partial charge in [0.2, 0.25) is 5.91 Å². The number of nitrogens with two attached hydrogens (primary N) is 1. The number of fused-ring (bicyclic) bond motifs is 1. The Morgan fingerprint density at radius 3 is 2.69 bits per heavy atom. The summed E-state index contributed by atoms with van der Waals surface area (Å²) in [7, 11) is 0. The van der Waals surface area contributed by atoms with E-state index in [-0.39, 0.29) is 6.54 Å². The number of halogens is 1. The molecule has 0 fully saturated rings. The van der Waals surface area contributed by atoms with Crippen LogP contribution in [0.1, 0.15) is 10.4 Å². The maximum absolute atomic E-state index is 11.6. The Hall–Kier alpha value is -1.69. The van der Waals surface area contributed by atoms with Gasteiger partial charge in [-0.25, -0.2) is 0 Å². The first-order valence-corrected chi connectivity index (χ1v) is 5.24. The number of hydrogen-bond acceptors (Lipinski definition) is 3. The molecule has 1 aromatic carbocycles. The minimum Gasteiger partial charge on any atom is -0.368 e. The quantitative estimate of drug-likeness (QED) is 0.801. The minimum absolute atomic E-state index is 0.279. The monoisotopic (exact) mass is 282 g/mol. The van der Waals surface area contributed by atoms with Crippen LogP contribution < -0.4 is 10.6 Å². The lowest BCUT2D eigenvalue weighted by atomic mass is 10.1. The molecule has 0 saturated heterocycles. The average molecular weight is 283 g/mol. The molecule has 0 unspecified atom stereocenters. The van der Waals surface area contributed by atoms with Crippen molar-refractivity contribution in [2.45, 2.75) is 0 Å². The van der Waals surface area contributed by atoms with Crippen LogP contribution in [0.15, 0.2) is 22.7 Å². The largest absolute Gasteiger partial charge is 0.368 e. The third-order valence-electron chi connectivity index (χ3n) is 2.25. The van der Waals surface area contributed by atoms with Gasteiger partial charge in [0.25, 0.3) is 11.7 Å². The number of carbonyl (C=O) groups is 3. The predicted molar refractivity (Wildman–Crippen MR) is 60.0 cm³/mol. The number of nitrogens with zero attached hydrogens (tertiary/aromatic N) is 1. The molecule has 0 saturated carbocycles. The lowest BCUT2D eigenvalue weighted by Gasteiger charge is -2.13. The van der Waals surface area contributed by atoms with Gasteiger partial charge in [-0.05, 0) is 18.2 Å². The molecule has 1 heterocycles. The number of amides is 2. The van der Waals surface area contributed by atoms with Crippen molar-refractivity contribution in [1.29, 1.82) is 0 Å². The topological polar surface area (TPSA) is 80.5 Å². The molecule has 1 aliphatic heterocycles. The first kappa shape index (κ1) is 10.8. The number of ketones is 1. The van der Waals surface area contributed by atoms with Crippen LogP contribution >= 0.6 is 15.9 Å². The summed E-state index contributed by atoms with van der Waals surface area (Å²) in [5, 5.41) is 0. The van der Waals surface area contributed by atoms with Gasteiger partial charge in [0.1, 0.15) is 6.54 Å². The SMILES string of the molecule is NC(=O)CN1C(=O)C(=O)c2cc(Br)ccc21. The van der Waals surface area contributed by atoms with Gasteiger partial charge in [-0.15, -0.1) is 0 Å². The summed E-state index contributed by atoms with van der Waals surface area (Å²) in [5.41, 5.74) is 5.73. The molecule has 0 spiro atoms. The summed E-state index contributed by atoms with van der Waals surface area (Å²) < 4.78 is 0.702. The fourth-order valence-electron chi connectivity index (χ4n) is 1.59. The van der Waals surface area contributed by atoms with Crippen molar-refractivity contribution in [3.8, 4) is 0 Å². The second-order valence-corrected chi connectivity index (χ2v) is 4.26. The van der Waals surface area contributed by atoms with E-state index in [1.165, 1.54) is 0 Å². The molecule has 1 aromatic rings. The molecule has 1 aliphatic rings. The van der Waals surface area contributed by atoms with E-state index in [1.54, 1.807) is 18.2 Å². The zero-order valence-electron chi connectivity index (χ0n) is 8.07. The van der Waals surface area contributed by atoms with Crippen LogP contribution in [0.2, 0.25) is 0 Å². The molecule has 0 bridgehead atoms. The van der Waals surface area contributed by atoms with Gasteiger partial charge in [-0.2, -0.15) is 0 Å². The second-order valence-electron chi connectivity index (χ2n) is 3.35. The van der Waals surface area contributed by atoms with Crippen LogP contribution in [-0.4, -0.2) is 24.1 Å². The predicted octanol–water partition coefficient (Wildman–Crippen LogP) is 0.464. The number of Topliss-reactive ketones (excluding diaryl/α,β-unsaturated/α-hetero) is 1. The van der Waals surface area contributed by atoms with Crippen molar-refractivity contribution in [2.24, 2.45) is 5.73 Å². The summed E-state index contributed by atoms with van der Waals surface area (Å²) in [4.78, 5) is 35.0. The molecule has 0 radical (unpaired) electrons. The lowest BCUT2D eigenvalue weighted by Crippen LogP contribution is -2.37. The van der Waals surface area contributed by atoms with Gasteiger partial charge in [-0.3, -0.25) is 19.3 Å². The fourth-order valence-corrected chi connectivity index (χ4v) is 1.95. The van der Waals surface area contributed by atoms with Crippen molar-refractivity contribution in [3.05, 3.63) is 28.2 Å². The highest BCUT2D eigenvalue weighted by atomic mass is 79.9. The lowest BCUT2D eigenvalue weighted by molar-refractivity contribution is -0.119. The first-order valence-electron chi connectivity index (χ1n) is 4.45. The Morgan fingerprint density at radius 2 is 2.06 bits per heavy atom. The number of benzene rings is 1. The van der Waals surface area contributed by atoms with Crippen LogP contribution in [0.4, 0.5) is 5.69 Å². The Morgan fingerprint density at radius 1 is 1.38 bits per heavy atom. The molecule has 5 nitrogen and oxygen atoms in total. The van der Waals surface area contributed by atoms with E-state index in [0.29, 0.717) is 15.7 Å². The number of rotatable bonds is 2. The maximum Gasteiger partial charge on any atom is 0.299 e. The molecular formula is C10H7BrN2O3. The average Bonchev–Trinajstić information content (AvgIpc) is 2.43. The van der Waals surface area contributed by atoms with E-state index in [0.717, 1.165) is 4.90 Å². The number of hydrogen-bond donors (Lipinski definition) is 1. The summed E-state index contributed by atoms with van der Waals surface area (Å²) in [5.74, 6) is -1.98. The molecular weight excluding hydrogens is 276 g/mol. The van der Waals surface area contributed by atoms with Gasteiger partial charge in [-0.1, -0.05) is 15.9 Å². The van der Waals surface area contributed by atoms with Crippen LogP contribution in [0, 0.1) is 0 Å². The Bertz CT molecular complexity index is 513. The summed E-state index contributed by atoms with van der Waals surface area (Å²) in [6, 6.07) is 4.85. The van der Waals surface area contributed by atoms with Gasteiger partial charge in [0.05, 0.1) is 11.3 Å². The molecule has 2 rings (SSSR count). The maximum atomic E-state index is 11.6. The molecule has 0 aliphatic carbocycles. The van der Waals surface area contributed by atoms with E-state index in [1.807, 2.05) is 0 Å². The molecule has 0 atom stereocenters. The summed E-state index contributed by atoms with van der Waals surface area (Å²) in [6.07, 6.45) is 0. The normalized spacial score (nSPS) is 14.2. The van der Waals surface area contributed by atoms with Gasteiger partial charge >= 0.3 is 0 Å². The van der Waals surface area contributed by atoms with Crippen molar-refractivity contribution < 1.29 is 14.4 Å². The van der Waals surface area contributed by atoms with E-state index < -0.39 is 17.6 Å². The Labute approximate surface area is 99.3 Å². The van der Waals surface area contributed by atoms with Crippen LogP contribution in [0.3, 0.4) is 0 Å². The molecule has 82 valence electrons. The van der Waals surface area contributed by atoms with Crippen molar-refractivity contribution in [3.63, 3.8) is 0 Å². The van der Waals surface area contributed by atoms with Gasteiger partial charge in [0, 0.05) is 4.47 Å². The standard InChI is InChI=1S/C10H7BrN2O3/c11-5-1-2-7-6(3-5)9(15)10(16)13(7)4-8(12)14/h1-3H,4H2,(H2,12,14). The van der Waals surface area contributed by atoms with E-state index >= 15 is 0 Å². The van der Waals surface area contributed by atoms with Crippen molar-refractivity contribution in [2.75, 3.05) is 11.4 Å². The minimum atomic E-state index is -0.716. The van der Waals surface area contributed by atoms with E-state index in [9.17, 15) is 14.4 Å². The number of anilines is 1. The first-order chi connectivity index (χ1) is 7.50. The third kappa shape index (κ3) is 1.61. The smallest absolute Gasteiger partial charge is 0.299 e. The van der Waals surface area contributed by atoms with E-state index in [2.05, 4.69) is 15.9 Å². The van der Waals surface area contributed by atoms with Crippen LogP contribution in [0.25, 0.3) is 0 Å². The highest BCUT2D eigenvalue weighted by Gasteiger charge is 2.36. The van der Waals surface area contributed by atoms with Crippen molar-refractivity contribution in [1.82, 2.24) is 0 Å². The zero-order chi connectivity index (χ0) is 11.9. The molecule has 6 heteroatoms.